The van der Waals surface area contributed by atoms with E-state index in [1.807, 2.05) is 0 Å². The van der Waals surface area contributed by atoms with Crippen molar-refractivity contribution >= 4 is 5.91 Å². The monoisotopic (exact) mass is 360 g/mol. The lowest BCUT2D eigenvalue weighted by molar-refractivity contribution is -0.139. The van der Waals surface area contributed by atoms with Gasteiger partial charge in [0, 0.05) is 19.6 Å². The number of halogens is 3. The smallest absolute Gasteiger partial charge is 0.419 e. The van der Waals surface area contributed by atoms with E-state index in [1.54, 1.807) is 7.05 Å². The number of ether oxygens (including phenoxy) is 1. The normalized spacial score (nSPS) is 21.8. The summed E-state index contributed by atoms with van der Waals surface area (Å²) >= 11 is 0. The molecule has 0 bridgehead atoms. The molecule has 0 spiro atoms. The molecule has 0 saturated heterocycles. The molecule has 1 aromatic carbocycles. The Hall–Kier alpha value is -1.80. The second-order valence-electron chi connectivity index (χ2n) is 6.38. The minimum Gasteiger partial charge on any atom is -0.490 e. The van der Waals surface area contributed by atoms with E-state index in [2.05, 4.69) is 0 Å². The van der Waals surface area contributed by atoms with Gasteiger partial charge in [0.1, 0.15) is 18.5 Å². The lowest BCUT2D eigenvalue weighted by atomic mass is 10.0. The van der Waals surface area contributed by atoms with Crippen molar-refractivity contribution in [2.45, 2.75) is 37.6 Å². The SMILES string of the molecule is CN(C[C@H](O)COc1ccccc1C(F)(F)F)C(=O)[C@H]1CCC[C@H]1N. The maximum atomic E-state index is 12.9. The maximum absolute atomic E-state index is 12.9. The van der Waals surface area contributed by atoms with Crippen LogP contribution in [0.4, 0.5) is 13.2 Å². The van der Waals surface area contributed by atoms with Gasteiger partial charge in [-0.2, -0.15) is 13.2 Å². The lowest BCUT2D eigenvalue weighted by Gasteiger charge is -2.25. The van der Waals surface area contributed by atoms with Crippen LogP contribution >= 0.6 is 0 Å². The molecule has 8 heteroatoms. The number of para-hydroxylation sites is 1. The molecule has 0 heterocycles. The minimum atomic E-state index is -4.53. The van der Waals surface area contributed by atoms with Gasteiger partial charge in [0.2, 0.25) is 5.91 Å². The third-order valence-corrected chi connectivity index (χ3v) is 4.37. The number of benzene rings is 1. The first-order chi connectivity index (χ1) is 11.7. The van der Waals surface area contributed by atoms with E-state index >= 15 is 0 Å². The van der Waals surface area contributed by atoms with Gasteiger partial charge >= 0.3 is 6.18 Å². The van der Waals surface area contributed by atoms with E-state index in [1.165, 1.54) is 23.1 Å². The van der Waals surface area contributed by atoms with Crippen molar-refractivity contribution in [2.75, 3.05) is 20.2 Å². The highest BCUT2D eigenvalue weighted by atomic mass is 19.4. The zero-order valence-corrected chi connectivity index (χ0v) is 14.0. The van der Waals surface area contributed by atoms with E-state index < -0.39 is 17.8 Å². The summed E-state index contributed by atoms with van der Waals surface area (Å²) < 4.78 is 43.8. The van der Waals surface area contributed by atoms with Gasteiger partial charge in [0.25, 0.3) is 0 Å². The zero-order valence-electron chi connectivity index (χ0n) is 14.0. The molecule has 1 aromatic rings. The summed E-state index contributed by atoms with van der Waals surface area (Å²) in [6.07, 6.45) is -3.23. The Bertz CT molecular complexity index is 595. The van der Waals surface area contributed by atoms with Crippen molar-refractivity contribution in [3.63, 3.8) is 0 Å². The summed E-state index contributed by atoms with van der Waals surface area (Å²) in [5.41, 5.74) is 5.00. The summed E-state index contributed by atoms with van der Waals surface area (Å²) in [4.78, 5) is 13.7. The molecular weight excluding hydrogens is 337 g/mol. The molecule has 140 valence electrons. The predicted octanol–water partition coefficient (Wildman–Crippen LogP) is 2.03. The van der Waals surface area contributed by atoms with Crippen LogP contribution in [-0.4, -0.2) is 48.3 Å². The highest BCUT2D eigenvalue weighted by Gasteiger charge is 2.35. The number of rotatable bonds is 6. The number of alkyl halides is 3. The molecule has 1 fully saturated rings. The molecule has 3 atom stereocenters. The first-order valence-electron chi connectivity index (χ1n) is 8.17. The summed E-state index contributed by atoms with van der Waals surface area (Å²) in [7, 11) is 1.54. The first-order valence-corrected chi connectivity index (χ1v) is 8.17. The molecule has 1 aliphatic carbocycles. The van der Waals surface area contributed by atoms with Gasteiger partial charge in [-0.3, -0.25) is 4.79 Å². The average molecular weight is 360 g/mol. The number of aliphatic hydroxyl groups is 1. The van der Waals surface area contributed by atoms with E-state index in [0.717, 1.165) is 25.3 Å². The quantitative estimate of drug-likeness (QED) is 0.814. The van der Waals surface area contributed by atoms with Crippen LogP contribution in [0.2, 0.25) is 0 Å². The van der Waals surface area contributed by atoms with Crippen molar-refractivity contribution < 1.29 is 27.8 Å². The van der Waals surface area contributed by atoms with Gasteiger partial charge in [-0.05, 0) is 25.0 Å². The number of nitrogens with two attached hydrogens (primary N) is 1. The van der Waals surface area contributed by atoms with E-state index in [-0.39, 0.29) is 36.8 Å². The number of hydrogen-bond donors (Lipinski definition) is 2. The van der Waals surface area contributed by atoms with Crippen LogP contribution in [0.25, 0.3) is 0 Å². The van der Waals surface area contributed by atoms with E-state index in [4.69, 9.17) is 10.5 Å². The summed E-state index contributed by atoms with van der Waals surface area (Å²) in [6.45, 7) is -0.377. The molecule has 1 saturated carbocycles. The lowest BCUT2D eigenvalue weighted by Crippen LogP contribution is -2.43. The van der Waals surface area contributed by atoms with Crippen LogP contribution in [-0.2, 0) is 11.0 Å². The van der Waals surface area contributed by atoms with Crippen LogP contribution in [0.5, 0.6) is 5.75 Å². The standard InChI is InChI=1S/C17H23F3N2O3/c1-22(16(24)12-5-4-7-14(12)21)9-11(23)10-25-15-8-3-2-6-13(15)17(18,19)20/h2-3,6,8,11-12,14,23H,4-5,7,9-10,21H2,1H3/t11-,12-,14+/m0/s1. The second kappa shape index (κ2) is 8.05. The Labute approximate surface area is 144 Å². The molecule has 2 rings (SSSR count). The van der Waals surface area contributed by atoms with Crippen molar-refractivity contribution in [3.8, 4) is 5.75 Å². The predicted molar refractivity (Wildman–Crippen MR) is 85.9 cm³/mol. The summed E-state index contributed by atoms with van der Waals surface area (Å²) in [5, 5.41) is 10.0. The molecule has 0 radical (unpaired) electrons. The molecule has 1 aliphatic rings. The van der Waals surface area contributed by atoms with Gasteiger partial charge in [-0.25, -0.2) is 0 Å². The molecule has 1 amide bonds. The van der Waals surface area contributed by atoms with Crippen molar-refractivity contribution in [3.05, 3.63) is 29.8 Å². The average Bonchev–Trinajstić information content (AvgIpc) is 2.97. The Morgan fingerprint density at radius 1 is 1.40 bits per heavy atom. The third-order valence-electron chi connectivity index (χ3n) is 4.37. The van der Waals surface area contributed by atoms with Gasteiger partial charge in [-0.15, -0.1) is 0 Å². The number of likely N-dealkylation sites (N-methyl/N-ethyl adjacent to an activating group) is 1. The second-order valence-corrected chi connectivity index (χ2v) is 6.38. The van der Waals surface area contributed by atoms with Crippen molar-refractivity contribution in [1.29, 1.82) is 0 Å². The molecule has 0 unspecified atom stereocenters. The fourth-order valence-corrected chi connectivity index (χ4v) is 3.05. The van der Waals surface area contributed by atoms with Crippen LogP contribution in [0, 0.1) is 5.92 Å². The van der Waals surface area contributed by atoms with Gasteiger partial charge < -0.3 is 20.5 Å². The van der Waals surface area contributed by atoms with E-state index in [9.17, 15) is 23.1 Å². The molecule has 5 nitrogen and oxygen atoms in total. The van der Waals surface area contributed by atoms with E-state index in [0.29, 0.717) is 0 Å². The first kappa shape index (κ1) is 19.5. The number of nitrogens with zero attached hydrogens (tertiary/aromatic N) is 1. The minimum absolute atomic E-state index is 0.0315. The highest BCUT2D eigenvalue weighted by Crippen LogP contribution is 2.35. The summed E-state index contributed by atoms with van der Waals surface area (Å²) in [6, 6.07) is 4.63. The molecular formula is C17H23F3N2O3. The Morgan fingerprint density at radius 3 is 2.68 bits per heavy atom. The van der Waals surface area contributed by atoms with Crippen molar-refractivity contribution in [2.24, 2.45) is 11.7 Å². The van der Waals surface area contributed by atoms with Crippen LogP contribution < -0.4 is 10.5 Å². The Morgan fingerprint density at radius 2 is 2.08 bits per heavy atom. The fourth-order valence-electron chi connectivity index (χ4n) is 3.05. The molecule has 25 heavy (non-hydrogen) atoms. The Kier molecular flexibility index (Phi) is 6.29. The zero-order chi connectivity index (χ0) is 18.6. The largest absolute Gasteiger partial charge is 0.490 e. The number of hydrogen-bond acceptors (Lipinski definition) is 4. The Balaban J connectivity index is 1.89. The fraction of sp³-hybridized carbons (Fsp3) is 0.588. The number of carbonyl (C=O) groups excluding carboxylic acids is 1. The van der Waals surface area contributed by atoms with Gasteiger partial charge in [0.05, 0.1) is 11.5 Å². The van der Waals surface area contributed by atoms with Crippen molar-refractivity contribution in [1.82, 2.24) is 4.90 Å². The number of amides is 1. The number of aliphatic hydroxyl groups excluding tert-OH is 1. The molecule has 0 aromatic heterocycles. The molecule has 0 aliphatic heterocycles. The van der Waals surface area contributed by atoms with Crippen LogP contribution in [0.3, 0.4) is 0 Å². The van der Waals surface area contributed by atoms with Gasteiger partial charge in [-0.1, -0.05) is 18.6 Å². The van der Waals surface area contributed by atoms with Gasteiger partial charge in [0.15, 0.2) is 0 Å². The maximum Gasteiger partial charge on any atom is 0.419 e. The summed E-state index contributed by atoms with van der Waals surface area (Å²) in [5.74, 6) is -0.760. The number of carbonyl (C=O) groups is 1. The third kappa shape index (κ3) is 5.09. The molecule has 3 N–H and O–H groups in total. The highest BCUT2D eigenvalue weighted by molar-refractivity contribution is 5.79. The topological polar surface area (TPSA) is 75.8 Å². The van der Waals surface area contributed by atoms with Crippen LogP contribution in [0.1, 0.15) is 24.8 Å². The van der Waals surface area contributed by atoms with Crippen LogP contribution in [0.15, 0.2) is 24.3 Å².